The first kappa shape index (κ1) is 21.0. The van der Waals surface area contributed by atoms with Gasteiger partial charge in [0.2, 0.25) is 0 Å². The number of carbonyl (C=O) groups is 1. The van der Waals surface area contributed by atoms with Crippen LogP contribution < -0.4 is 10.2 Å². The third kappa shape index (κ3) is 5.29. The number of nitrogens with one attached hydrogen (secondary N) is 1. The lowest BCUT2D eigenvalue weighted by Crippen LogP contribution is -2.35. The standard InChI is InChI=1S/C26H30N4O/c1-19(2)22-10-6-7-11-23(22)27-26(31)24-12-13-25(29-28-24)30-16-14-21(15-17-30)18-20-8-4-3-5-9-20/h3-13,19,21H,14-18H2,1-2H3,(H,27,31). The number of aromatic nitrogens is 2. The van der Waals surface area contributed by atoms with Crippen molar-refractivity contribution in [2.75, 3.05) is 23.3 Å². The molecule has 31 heavy (non-hydrogen) atoms. The van der Waals surface area contributed by atoms with Crippen LogP contribution in [0.1, 0.15) is 54.2 Å². The van der Waals surface area contributed by atoms with Crippen LogP contribution in [0.5, 0.6) is 0 Å². The van der Waals surface area contributed by atoms with Gasteiger partial charge in [0, 0.05) is 18.8 Å². The Hall–Kier alpha value is -3.21. The first-order chi connectivity index (χ1) is 15.1. The highest BCUT2D eigenvalue weighted by Crippen LogP contribution is 2.26. The Kier molecular flexibility index (Phi) is 6.60. The van der Waals surface area contributed by atoms with Gasteiger partial charge in [0.15, 0.2) is 11.5 Å². The van der Waals surface area contributed by atoms with Crippen molar-refractivity contribution < 1.29 is 4.79 Å². The van der Waals surface area contributed by atoms with Crippen LogP contribution in [0.25, 0.3) is 0 Å². The number of para-hydroxylation sites is 1. The molecule has 4 rings (SSSR count). The van der Waals surface area contributed by atoms with E-state index in [-0.39, 0.29) is 5.91 Å². The van der Waals surface area contributed by atoms with Crippen LogP contribution in [0.15, 0.2) is 66.7 Å². The monoisotopic (exact) mass is 414 g/mol. The largest absolute Gasteiger partial charge is 0.355 e. The molecule has 1 fully saturated rings. The molecule has 1 aromatic heterocycles. The second kappa shape index (κ2) is 9.73. The van der Waals surface area contributed by atoms with E-state index in [4.69, 9.17) is 0 Å². The Morgan fingerprint density at radius 1 is 0.968 bits per heavy atom. The third-order valence-corrected chi connectivity index (χ3v) is 6.02. The minimum absolute atomic E-state index is 0.228. The Morgan fingerprint density at radius 3 is 2.35 bits per heavy atom. The van der Waals surface area contributed by atoms with E-state index in [0.717, 1.165) is 49.4 Å². The first-order valence-corrected chi connectivity index (χ1v) is 11.1. The number of nitrogens with zero attached hydrogens (tertiary/aromatic N) is 3. The van der Waals surface area contributed by atoms with Crippen molar-refractivity contribution in [1.29, 1.82) is 0 Å². The van der Waals surface area contributed by atoms with Crippen molar-refractivity contribution >= 4 is 17.4 Å². The second-order valence-corrected chi connectivity index (χ2v) is 8.59. The second-order valence-electron chi connectivity index (χ2n) is 8.59. The van der Waals surface area contributed by atoms with Gasteiger partial charge in [0.25, 0.3) is 5.91 Å². The number of hydrogen-bond acceptors (Lipinski definition) is 4. The lowest BCUT2D eigenvalue weighted by Gasteiger charge is -2.32. The van der Waals surface area contributed by atoms with E-state index in [2.05, 4.69) is 64.6 Å². The summed E-state index contributed by atoms with van der Waals surface area (Å²) in [5.41, 5.74) is 3.68. The molecule has 5 nitrogen and oxygen atoms in total. The lowest BCUT2D eigenvalue weighted by molar-refractivity contribution is 0.102. The lowest BCUT2D eigenvalue weighted by atomic mass is 9.90. The average Bonchev–Trinajstić information content (AvgIpc) is 2.80. The summed E-state index contributed by atoms with van der Waals surface area (Å²) in [6, 6.07) is 22.3. The fourth-order valence-electron chi connectivity index (χ4n) is 4.23. The molecule has 1 aliphatic heterocycles. The zero-order valence-electron chi connectivity index (χ0n) is 18.3. The van der Waals surface area contributed by atoms with Gasteiger partial charge >= 0.3 is 0 Å². The van der Waals surface area contributed by atoms with E-state index >= 15 is 0 Å². The van der Waals surface area contributed by atoms with E-state index in [0.29, 0.717) is 17.5 Å². The van der Waals surface area contributed by atoms with Crippen molar-refractivity contribution in [3.05, 3.63) is 83.6 Å². The molecule has 5 heteroatoms. The van der Waals surface area contributed by atoms with Crippen LogP contribution >= 0.6 is 0 Å². The number of benzene rings is 2. The molecule has 0 saturated carbocycles. The topological polar surface area (TPSA) is 58.1 Å². The minimum atomic E-state index is -0.228. The average molecular weight is 415 g/mol. The van der Waals surface area contributed by atoms with Crippen LogP contribution in [0.3, 0.4) is 0 Å². The molecule has 1 amide bonds. The van der Waals surface area contributed by atoms with E-state index in [1.54, 1.807) is 6.07 Å². The number of anilines is 2. The molecule has 0 radical (unpaired) electrons. The maximum Gasteiger partial charge on any atom is 0.276 e. The van der Waals surface area contributed by atoms with Crippen LogP contribution in [0.2, 0.25) is 0 Å². The van der Waals surface area contributed by atoms with Gasteiger partial charge < -0.3 is 10.2 Å². The fraction of sp³-hybridized carbons (Fsp3) is 0.346. The number of hydrogen-bond donors (Lipinski definition) is 1. The summed E-state index contributed by atoms with van der Waals surface area (Å²) in [6.07, 6.45) is 3.42. The number of rotatable bonds is 6. The van der Waals surface area contributed by atoms with Gasteiger partial charge in [-0.25, -0.2) is 0 Å². The summed E-state index contributed by atoms with van der Waals surface area (Å²) in [7, 11) is 0. The van der Waals surface area contributed by atoms with Crippen molar-refractivity contribution in [2.24, 2.45) is 5.92 Å². The SMILES string of the molecule is CC(C)c1ccccc1NC(=O)c1ccc(N2CCC(Cc3ccccc3)CC2)nn1. The summed E-state index contributed by atoms with van der Waals surface area (Å²) in [5, 5.41) is 11.5. The molecular weight excluding hydrogens is 384 g/mol. The zero-order chi connectivity index (χ0) is 21.6. The molecule has 1 N–H and O–H groups in total. The summed E-state index contributed by atoms with van der Waals surface area (Å²) >= 11 is 0. The highest BCUT2D eigenvalue weighted by molar-refractivity contribution is 6.03. The van der Waals surface area contributed by atoms with Gasteiger partial charge in [-0.2, -0.15) is 0 Å². The van der Waals surface area contributed by atoms with Crippen LogP contribution in [-0.2, 0) is 6.42 Å². The van der Waals surface area contributed by atoms with E-state index in [1.165, 1.54) is 5.56 Å². The van der Waals surface area contributed by atoms with Gasteiger partial charge in [0.05, 0.1) is 0 Å². The van der Waals surface area contributed by atoms with Crippen molar-refractivity contribution in [2.45, 2.75) is 39.0 Å². The van der Waals surface area contributed by atoms with Gasteiger partial charge in [-0.3, -0.25) is 4.79 Å². The van der Waals surface area contributed by atoms with Gasteiger partial charge in [0.1, 0.15) is 0 Å². The Bertz CT molecular complexity index is 993. The molecule has 2 heterocycles. The number of amides is 1. The Balaban J connectivity index is 1.34. The summed E-state index contributed by atoms with van der Waals surface area (Å²) in [5.74, 6) is 1.65. The molecule has 0 unspecified atom stereocenters. The van der Waals surface area contributed by atoms with Crippen LogP contribution in [-0.4, -0.2) is 29.2 Å². The highest BCUT2D eigenvalue weighted by atomic mass is 16.1. The predicted molar refractivity (Wildman–Crippen MR) is 126 cm³/mol. The van der Waals surface area contributed by atoms with E-state index < -0.39 is 0 Å². The summed E-state index contributed by atoms with van der Waals surface area (Å²) in [4.78, 5) is 14.9. The third-order valence-electron chi connectivity index (χ3n) is 6.02. The van der Waals surface area contributed by atoms with Crippen LogP contribution in [0.4, 0.5) is 11.5 Å². The molecule has 1 saturated heterocycles. The first-order valence-electron chi connectivity index (χ1n) is 11.1. The van der Waals surface area contributed by atoms with Crippen LogP contribution in [0, 0.1) is 5.92 Å². The Labute approximate surface area is 184 Å². The molecule has 0 bridgehead atoms. The Morgan fingerprint density at radius 2 is 1.68 bits per heavy atom. The molecular formula is C26H30N4O. The molecule has 3 aromatic rings. The maximum atomic E-state index is 12.7. The molecule has 0 aliphatic carbocycles. The molecule has 0 atom stereocenters. The quantitative estimate of drug-likeness (QED) is 0.594. The fourth-order valence-corrected chi connectivity index (χ4v) is 4.23. The van der Waals surface area contributed by atoms with E-state index in [9.17, 15) is 4.79 Å². The molecule has 2 aromatic carbocycles. The van der Waals surface area contributed by atoms with Crippen molar-refractivity contribution in [1.82, 2.24) is 10.2 Å². The maximum absolute atomic E-state index is 12.7. The smallest absolute Gasteiger partial charge is 0.276 e. The minimum Gasteiger partial charge on any atom is -0.355 e. The van der Waals surface area contributed by atoms with Crippen molar-refractivity contribution in [3.8, 4) is 0 Å². The summed E-state index contributed by atoms with van der Waals surface area (Å²) < 4.78 is 0. The molecule has 160 valence electrons. The zero-order valence-corrected chi connectivity index (χ0v) is 18.3. The molecule has 0 spiro atoms. The van der Waals surface area contributed by atoms with Crippen molar-refractivity contribution in [3.63, 3.8) is 0 Å². The summed E-state index contributed by atoms with van der Waals surface area (Å²) in [6.45, 7) is 6.17. The van der Waals surface area contributed by atoms with E-state index in [1.807, 2.05) is 30.3 Å². The number of piperidine rings is 1. The molecule has 1 aliphatic rings. The van der Waals surface area contributed by atoms with Gasteiger partial charge in [-0.15, -0.1) is 10.2 Å². The normalized spacial score (nSPS) is 14.6. The number of carbonyl (C=O) groups excluding carboxylic acids is 1. The van der Waals surface area contributed by atoms with Gasteiger partial charge in [-0.1, -0.05) is 62.4 Å². The highest BCUT2D eigenvalue weighted by Gasteiger charge is 2.21. The predicted octanol–water partition coefficient (Wildman–Crippen LogP) is 5.31. The van der Waals surface area contributed by atoms with Gasteiger partial charge in [-0.05, 0) is 60.4 Å².